The highest BCUT2D eigenvalue weighted by Gasteiger charge is 2.27. The van der Waals surface area contributed by atoms with E-state index in [1.54, 1.807) is 13.0 Å². The first kappa shape index (κ1) is 15.2. The summed E-state index contributed by atoms with van der Waals surface area (Å²) in [6.45, 7) is 13.4. The molecule has 0 aromatic carbocycles. The van der Waals surface area contributed by atoms with Crippen molar-refractivity contribution in [3.05, 3.63) is 36.5 Å². The summed E-state index contributed by atoms with van der Waals surface area (Å²) in [6.07, 6.45) is 5.42. The fourth-order valence-corrected chi connectivity index (χ4v) is 1.87. The Bertz CT molecular complexity index is 338. The molecular formula is C15H24O3. The van der Waals surface area contributed by atoms with E-state index in [1.165, 1.54) is 5.57 Å². The Morgan fingerprint density at radius 1 is 1.50 bits per heavy atom. The van der Waals surface area contributed by atoms with Gasteiger partial charge in [-0.25, -0.2) is 9.78 Å². The van der Waals surface area contributed by atoms with Crippen molar-refractivity contribution in [2.75, 3.05) is 0 Å². The third kappa shape index (κ3) is 4.77. The SMILES string of the molecule is C=CC(C)(O)CC[C@@H]1OO[C@H](C=C(C)C)CC1=C. The molecule has 1 heterocycles. The molecule has 1 fully saturated rings. The minimum atomic E-state index is -0.861. The number of aliphatic hydroxyl groups is 1. The summed E-state index contributed by atoms with van der Waals surface area (Å²) >= 11 is 0. The van der Waals surface area contributed by atoms with Gasteiger partial charge in [-0.3, -0.25) is 0 Å². The zero-order valence-corrected chi connectivity index (χ0v) is 11.6. The normalized spacial score (nSPS) is 27.4. The Morgan fingerprint density at radius 2 is 2.17 bits per heavy atom. The molecule has 0 bridgehead atoms. The Hall–Kier alpha value is -0.900. The highest BCUT2D eigenvalue weighted by atomic mass is 17.2. The standard InChI is InChI=1S/C15H24O3/c1-6-15(5,16)8-7-14-12(4)10-13(17-18-14)9-11(2)3/h6,9,13-14,16H,1,4,7-8,10H2,2-3,5H3/t13-,14+,15?/m1/s1. The van der Waals surface area contributed by atoms with E-state index in [9.17, 15) is 5.11 Å². The molecule has 0 aromatic heterocycles. The Labute approximate surface area is 110 Å². The van der Waals surface area contributed by atoms with Crippen LogP contribution in [0.1, 0.15) is 40.0 Å². The van der Waals surface area contributed by atoms with E-state index < -0.39 is 5.60 Å². The van der Waals surface area contributed by atoms with Crippen molar-refractivity contribution in [2.45, 2.75) is 57.8 Å². The maximum atomic E-state index is 9.86. The van der Waals surface area contributed by atoms with Crippen LogP contribution in [0.25, 0.3) is 0 Å². The molecule has 1 N–H and O–H groups in total. The molecule has 1 aliphatic rings. The zero-order chi connectivity index (χ0) is 13.8. The summed E-state index contributed by atoms with van der Waals surface area (Å²) < 4.78 is 0. The highest BCUT2D eigenvalue weighted by Crippen LogP contribution is 2.27. The van der Waals surface area contributed by atoms with Gasteiger partial charge >= 0.3 is 0 Å². The Balaban J connectivity index is 2.46. The molecule has 0 aromatic rings. The number of hydrogen-bond donors (Lipinski definition) is 1. The van der Waals surface area contributed by atoms with Crippen LogP contribution < -0.4 is 0 Å². The van der Waals surface area contributed by atoms with Gasteiger partial charge in [0.1, 0.15) is 12.2 Å². The second kappa shape index (κ2) is 6.32. The minimum Gasteiger partial charge on any atom is -0.386 e. The van der Waals surface area contributed by atoms with Crippen LogP contribution in [0.2, 0.25) is 0 Å². The predicted molar refractivity (Wildman–Crippen MR) is 73.0 cm³/mol. The summed E-state index contributed by atoms with van der Waals surface area (Å²) in [6, 6.07) is 0. The lowest BCUT2D eigenvalue weighted by Gasteiger charge is -2.30. The largest absolute Gasteiger partial charge is 0.386 e. The molecule has 0 saturated carbocycles. The average molecular weight is 252 g/mol. The maximum absolute atomic E-state index is 9.86. The predicted octanol–water partition coefficient (Wildman–Crippen LogP) is 3.32. The van der Waals surface area contributed by atoms with Crippen molar-refractivity contribution in [2.24, 2.45) is 0 Å². The maximum Gasteiger partial charge on any atom is 0.115 e. The first-order valence-electron chi connectivity index (χ1n) is 6.35. The molecule has 18 heavy (non-hydrogen) atoms. The van der Waals surface area contributed by atoms with Crippen LogP contribution >= 0.6 is 0 Å². The molecule has 1 unspecified atom stereocenters. The van der Waals surface area contributed by atoms with Crippen molar-refractivity contribution < 1.29 is 14.9 Å². The number of allylic oxidation sites excluding steroid dienone is 1. The van der Waals surface area contributed by atoms with Gasteiger partial charge in [0.25, 0.3) is 0 Å². The molecule has 3 nitrogen and oxygen atoms in total. The summed E-state index contributed by atoms with van der Waals surface area (Å²) in [7, 11) is 0. The van der Waals surface area contributed by atoms with Crippen LogP contribution in [0.4, 0.5) is 0 Å². The quantitative estimate of drug-likeness (QED) is 0.602. The van der Waals surface area contributed by atoms with Gasteiger partial charge in [0.2, 0.25) is 0 Å². The summed E-state index contributed by atoms with van der Waals surface area (Å²) in [5.41, 5.74) is 1.36. The lowest BCUT2D eigenvalue weighted by Crippen LogP contribution is -2.31. The third-order valence-electron chi connectivity index (χ3n) is 3.09. The van der Waals surface area contributed by atoms with E-state index in [0.717, 1.165) is 12.0 Å². The smallest absolute Gasteiger partial charge is 0.115 e. The van der Waals surface area contributed by atoms with Gasteiger partial charge in [-0.05, 0) is 39.2 Å². The summed E-state index contributed by atoms with van der Waals surface area (Å²) in [5.74, 6) is 0. The zero-order valence-electron chi connectivity index (χ0n) is 11.6. The first-order valence-corrected chi connectivity index (χ1v) is 6.35. The second-order valence-corrected chi connectivity index (χ2v) is 5.43. The van der Waals surface area contributed by atoms with E-state index in [1.807, 2.05) is 19.9 Å². The van der Waals surface area contributed by atoms with Gasteiger partial charge in [0, 0.05) is 6.42 Å². The fourth-order valence-electron chi connectivity index (χ4n) is 1.87. The van der Waals surface area contributed by atoms with Gasteiger partial charge < -0.3 is 5.11 Å². The topological polar surface area (TPSA) is 38.7 Å². The minimum absolute atomic E-state index is 0.0429. The lowest BCUT2D eigenvalue weighted by atomic mass is 9.93. The van der Waals surface area contributed by atoms with Gasteiger partial charge in [-0.1, -0.05) is 24.3 Å². The van der Waals surface area contributed by atoms with Crippen molar-refractivity contribution in [1.82, 2.24) is 0 Å². The third-order valence-corrected chi connectivity index (χ3v) is 3.09. The fraction of sp³-hybridized carbons (Fsp3) is 0.600. The summed E-state index contributed by atoms with van der Waals surface area (Å²) in [5, 5.41) is 9.86. The molecule has 3 heteroatoms. The van der Waals surface area contributed by atoms with E-state index in [0.29, 0.717) is 12.8 Å². The van der Waals surface area contributed by atoms with E-state index in [-0.39, 0.29) is 12.2 Å². The molecule has 1 rings (SSSR count). The first-order chi connectivity index (χ1) is 8.34. The van der Waals surface area contributed by atoms with Crippen molar-refractivity contribution in [1.29, 1.82) is 0 Å². The van der Waals surface area contributed by atoms with Crippen LogP contribution in [0.3, 0.4) is 0 Å². The molecule has 3 atom stereocenters. The molecule has 1 aliphatic heterocycles. The Kier molecular flexibility index (Phi) is 5.32. The van der Waals surface area contributed by atoms with E-state index >= 15 is 0 Å². The highest BCUT2D eigenvalue weighted by molar-refractivity contribution is 5.11. The molecule has 1 saturated heterocycles. The van der Waals surface area contributed by atoms with Crippen molar-refractivity contribution in [3.8, 4) is 0 Å². The van der Waals surface area contributed by atoms with Gasteiger partial charge in [-0.15, -0.1) is 6.58 Å². The Morgan fingerprint density at radius 3 is 2.67 bits per heavy atom. The van der Waals surface area contributed by atoms with Crippen LogP contribution in [0, 0.1) is 0 Å². The number of hydrogen-bond acceptors (Lipinski definition) is 3. The summed E-state index contributed by atoms with van der Waals surface area (Å²) in [4.78, 5) is 10.7. The molecular weight excluding hydrogens is 228 g/mol. The average Bonchev–Trinajstić information content (AvgIpc) is 2.27. The van der Waals surface area contributed by atoms with Crippen LogP contribution in [0.15, 0.2) is 36.5 Å². The van der Waals surface area contributed by atoms with Crippen LogP contribution in [-0.4, -0.2) is 22.9 Å². The van der Waals surface area contributed by atoms with Crippen molar-refractivity contribution >= 4 is 0 Å². The van der Waals surface area contributed by atoms with Crippen molar-refractivity contribution in [3.63, 3.8) is 0 Å². The van der Waals surface area contributed by atoms with Gasteiger partial charge in [0.15, 0.2) is 0 Å². The molecule has 0 spiro atoms. The van der Waals surface area contributed by atoms with Gasteiger partial charge in [0.05, 0.1) is 5.60 Å². The molecule has 0 aliphatic carbocycles. The molecule has 0 radical (unpaired) electrons. The second-order valence-electron chi connectivity index (χ2n) is 5.43. The molecule has 0 amide bonds. The van der Waals surface area contributed by atoms with Crippen LogP contribution in [0.5, 0.6) is 0 Å². The lowest BCUT2D eigenvalue weighted by molar-refractivity contribution is -0.350. The molecule has 102 valence electrons. The van der Waals surface area contributed by atoms with E-state index in [4.69, 9.17) is 9.78 Å². The van der Waals surface area contributed by atoms with E-state index in [2.05, 4.69) is 13.2 Å². The monoisotopic (exact) mass is 252 g/mol. The number of rotatable bonds is 5. The van der Waals surface area contributed by atoms with Gasteiger partial charge in [-0.2, -0.15) is 0 Å². The van der Waals surface area contributed by atoms with Crippen LogP contribution in [-0.2, 0) is 9.78 Å².